The minimum absolute atomic E-state index is 0.108. The lowest BCUT2D eigenvalue weighted by Gasteiger charge is -2.14. The minimum Gasteiger partial charge on any atom is -0.477 e. The normalized spacial score (nSPS) is 11.7. The molecule has 1 heterocycles. The summed E-state index contributed by atoms with van der Waals surface area (Å²) in [6.45, 7) is 0. The summed E-state index contributed by atoms with van der Waals surface area (Å²) in [6.07, 6.45) is -4.62. The van der Waals surface area contributed by atoms with E-state index in [2.05, 4.69) is 4.98 Å². The molecule has 140 valence electrons. The summed E-state index contributed by atoms with van der Waals surface area (Å²) in [6, 6.07) is 4.37. The third-order valence-corrected chi connectivity index (χ3v) is 4.04. The van der Waals surface area contributed by atoms with Crippen LogP contribution in [0.5, 0.6) is 0 Å². The third-order valence-electron chi connectivity index (χ3n) is 4.04. The topological polar surface area (TPSA) is 70.2 Å². The van der Waals surface area contributed by atoms with Crippen LogP contribution in [0.3, 0.4) is 0 Å². The molecule has 3 rings (SSSR count). The monoisotopic (exact) mass is 383 g/mol. The van der Waals surface area contributed by atoms with Gasteiger partial charge in [-0.2, -0.15) is 13.2 Å². The Balaban J connectivity index is 2.19. The molecule has 0 unspecified atom stereocenters. The molecule has 0 fully saturated rings. The van der Waals surface area contributed by atoms with Gasteiger partial charge in [-0.25, -0.2) is 13.6 Å². The van der Waals surface area contributed by atoms with Crippen molar-refractivity contribution in [2.24, 2.45) is 0 Å². The number of benzene rings is 2. The fourth-order valence-corrected chi connectivity index (χ4v) is 2.81. The molecule has 0 bridgehead atoms. The van der Waals surface area contributed by atoms with E-state index in [1.165, 1.54) is 0 Å². The Morgan fingerprint density at radius 3 is 2.44 bits per heavy atom. The van der Waals surface area contributed by atoms with E-state index in [4.69, 9.17) is 5.11 Å². The molecule has 0 saturated heterocycles. The van der Waals surface area contributed by atoms with Crippen molar-refractivity contribution in [3.05, 3.63) is 80.6 Å². The van der Waals surface area contributed by atoms with Gasteiger partial charge in [0, 0.05) is 23.6 Å². The molecule has 2 N–H and O–H groups in total. The van der Waals surface area contributed by atoms with Gasteiger partial charge in [0.2, 0.25) is 5.43 Å². The average molecular weight is 383 g/mol. The lowest BCUT2D eigenvalue weighted by atomic mass is 9.97. The maximum absolute atomic E-state index is 14.3. The molecule has 9 heteroatoms. The number of nitrogens with one attached hydrogen (secondary N) is 1. The Kier molecular flexibility index (Phi) is 4.46. The summed E-state index contributed by atoms with van der Waals surface area (Å²) in [7, 11) is 0. The zero-order chi connectivity index (χ0) is 19.9. The largest absolute Gasteiger partial charge is 0.477 e. The molecule has 0 spiro atoms. The molecular weight excluding hydrogens is 373 g/mol. The fourth-order valence-electron chi connectivity index (χ4n) is 2.81. The summed E-state index contributed by atoms with van der Waals surface area (Å²) >= 11 is 0. The van der Waals surface area contributed by atoms with Gasteiger partial charge in [-0.3, -0.25) is 4.79 Å². The average Bonchev–Trinajstić information content (AvgIpc) is 2.56. The van der Waals surface area contributed by atoms with Gasteiger partial charge in [0.1, 0.15) is 17.2 Å². The maximum Gasteiger partial charge on any atom is 0.416 e. The van der Waals surface area contributed by atoms with Crippen LogP contribution < -0.4 is 5.43 Å². The molecule has 0 aliphatic heterocycles. The number of hydrogen-bond donors (Lipinski definition) is 2. The Hall–Kier alpha value is -3.23. The lowest BCUT2D eigenvalue weighted by molar-refractivity contribution is -0.138. The number of rotatable bonds is 3. The van der Waals surface area contributed by atoms with Gasteiger partial charge in [-0.1, -0.05) is 6.07 Å². The van der Waals surface area contributed by atoms with Gasteiger partial charge in [0.05, 0.1) is 11.1 Å². The molecule has 1 aromatic heterocycles. The molecular formula is C18H10F5NO3. The van der Waals surface area contributed by atoms with Crippen molar-refractivity contribution >= 4 is 16.9 Å². The standard InChI is InChI=1S/C18H10F5NO3/c19-13-3-1-2-12(18(21,22)23)9(13)4-8-5-10-15(14(20)6-8)24-7-11(16(10)25)17(26)27/h1-3,5-7H,4H2,(H,24,25)(H,26,27). The van der Waals surface area contributed by atoms with Crippen molar-refractivity contribution in [3.63, 3.8) is 0 Å². The first-order valence-electron chi connectivity index (χ1n) is 7.51. The van der Waals surface area contributed by atoms with E-state index in [0.717, 1.165) is 30.5 Å². The molecule has 0 aliphatic carbocycles. The first-order valence-corrected chi connectivity index (χ1v) is 7.51. The molecule has 0 saturated carbocycles. The lowest BCUT2D eigenvalue weighted by Crippen LogP contribution is -2.16. The van der Waals surface area contributed by atoms with E-state index in [9.17, 15) is 31.5 Å². The number of halogens is 5. The van der Waals surface area contributed by atoms with Crippen LogP contribution in [-0.4, -0.2) is 16.1 Å². The van der Waals surface area contributed by atoms with Crippen LogP contribution in [0.4, 0.5) is 22.0 Å². The second-order valence-corrected chi connectivity index (χ2v) is 5.78. The van der Waals surface area contributed by atoms with E-state index in [-0.39, 0.29) is 16.5 Å². The number of aromatic carboxylic acids is 1. The second-order valence-electron chi connectivity index (χ2n) is 5.78. The zero-order valence-corrected chi connectivity index (χ0v) is 13.3. The van der Waals surface area contributed by atoms with E-state index in [0.29, 0.717) is 6.07 Å². The predicted molar refractivity (Wildman–Crippen MR) is 85.7 cm³/mol. The highest BCUT2D eigenvalue weighted by Gasteiger charge is 2.34. The Bertz CT molecular complexity index is 1120. The predicted octanol–water partition coefficient (Wildman–Crippen LogP) is 4.11. The summed E-state index contributed by atoms with van der Waals surface area (Å²) in [4.78, 5) is 25.6. The Labute approximate surface area is 147 Å². The molecule has 3 aromatic rings. The maximum atomic E-state index is 14.3. The van der Waals surface area contributed by atoms with Crippen molar-refractivity contribution in [1.29, 1.82) is 0 Å². The van der Waals surface area contributed by atoms with E-state index < -0.39 is 52.3 Å². The summed E-state index contributed by atoms with van der Waals surface area (Å²) in [5.74, 6) is -3.64. The van der Waals surface area contributed by atoms with Crippen molar-refractivity contribution in [2.75, 3.05) is 0 Å². The van der Waals surface area contributed by atoms with Crippen LogP contribution in [0.1, 0.15) is 27.0 Å². The Morgan fingerprint density at radius 2 is 1.81 bits per heavy atom. The number of carbonyl (C=O) groups is 1. The van der Waals surface area contributed by atoms with Crippen LogP contribution in [-0.2, 0) is 12.6 Å². The summed E-state index contributed by atoms with van der Waals surface area (Å²) < 4.78 is 67.6. The molecule has 2 aromatic carbocycles. The zero-order valence-electron chi connectivity index (χ0n) is 13.3. The smallest absolute Gasteiger partial charge is 0.416 e. The van der Waals surface area contributed by atoms with Crippen molar-refractivity contribution in [2.45, 2.75) is 12.6 Å². The SMILES string of the molecule is O=C(O)c1c[nH]c2c(F)cc(Cc3c(F)cccc3C(F)(F)F)cc2c1=O. The first kappa shape index (κ1) is 18.6. The number of fused-ring (bicyclic) bond motifs is 1. The van der Waals surface area contributed by atoms with Crippen LogP contribution in [0.15, 0.2) is 41.3 Å². The van der Waals surface area contributed by atoms with Gasteiger partial charge in [0.25, 0.3) is 0 Å². The van der Waals surface area contributed by atoms with Crippen molar-refractivity contribution < 1.29 is 31.9 Å². The quantitative estimate of drug-likeness (QED) is 0.669. The minimum atomic E-state index is -4.82. The molecule has 0 aliphatic rings. The van der Waals surface area contributed by atoms with Crippen LogP contribution in [0.2, 0.25) is 0 Å². The highest BCUT2D eigenvalue weighted by molar-refractivity contribution is 5.92. The number of pyridine rings is 1. The highest BCUT2D eigenvalue weighted by atomic mass is 19.4. The van der Waals surface area contributed by atoms with Crippen LogP contribution in [0, 0.1) is 11.6 Å². The molecule has 4 nitrogen and oxygen atoms in total. The van der Waals surface area contributed by atoms with Crippen molar-refractivity contribution in [1.82, 2.24) is 4.98 Å². The van der Waals surface area contributed by atoms with Gasteiger partial charge in [0.15, 0.2) is 0 Å². The van der Waals surface area contributed by atoms with E-state index in [1.54, 1.807) is 0 Å². The highest BCUT2D eigenvalue weighted by Crippen LogP contribution is 2.34. The van der Waals surface area contributed by atoms with Gasteiger partial charge in [-0.15, -0.1) is 0 Å². The number of aromatic nitrogens is 1. The summed E-state index contributed by atoms with van der Waals surface area (Å²) in [5.41, 5.74) is -3.96. The molecule has 0 atom stereocenters. The molecule has 0 radical (unpaired) electrons. The number of carboxylic acids is 1. The Morgan fingerprint density at radius 1 is 1.11 bits per heavy atom. The molecule has 27 heavy (non-hydrogen) atoms. The van der Waals surface area contributed by atoms with Crippen LogP contribution >= 0.6 is 0 Å². The first-order chi connectivity index (χ1) is 12.6. The number of aromatic amines is 1. The van der Waals surface area contributed by atoms with Crippen LogP contribution in [0.25, 0.3) is 10.9 Å². The second kappa shape index (κ2) is 6.49. The number of carboxylic acid groups (broad SMARTS) is 1. The van der Waals surface area contributed by atoms with E-state index >= 15 is 0 Å². The van der Waals surface area contributed by atoms with Gasteiger partial charge >= 0.3 is 12.1 Å². The summed E-state index contributed by atoms with van der Waals surface area (Å²) in [5, 5.41) is 8.62. The molecule has 0 amide bonds. The number of alkyl halides is 3. The van der Waals surface area contributed by atoms with Gasteiger partial charge in [-0.05, 0) is 29.8 Å². The van der Waals surface area contributed by atoms with Crippen molar-refractivity contribution in [3.8, 4) is 0 Å². The van der Waals surface area contributed by atoms with Gasteiger partial charge < -0.3 is 10.1 Å². The fraction of sp³-hybridized carbons (Fsp3) is 0.111. The number of H-pyrrole nitrogens is 1. The van der Waals surface area contributed by atoms with E-state index in [1.807, 2.05) is 0 Å². The third kappa shape index (κ3) is 3.40. The number of hydrogen-bond acceptors (Lipinski definition) is 2.